The number of aromatic nitrogens is 2. The maximum atomic E-state index is 13.9. The number of nitrogens with zero attached hydrogens (tertiary/aromatic N) is 1. The van der Waals surface area contributed by atoms with E-state index < -0.39 is 5.97 Å². The van der Waals surface area contributed by atoms with Crippen molar-refractivity contribution in [1.82, 2.24) is 9.97 Å². The van der Waals surface area contributed by atoms with E-state index in [0.717, 1.165) is 16.2 Å². The Kier molecular flexibility index (Phi) is 6.73. The quantitative estimate of drug-likeness (QED) is 0.426. The summed E-state index contributed by atoms with van der Waals surface area (Å²) in [7, 11) is 3.42. The van der Waals surface area contributed by atoms with Gasteiger partial charge in [0.25, 0.3) is 5.56 Å². The number of carbonyl (C=O) groups excluding carboxylic acids is 1. The van der Waals surface area contributed by atoms with Crippen LogP contribution in [-0.2, 0) is 22.6 Å². The van der Waals surface area contributed by atoms with Crippen LogP contribution in [0.3, 0.4) is 0 Å². The van der Waals surface area contributed by atoms with E-state index in [9.17, 15) is 14.0 Å². The number of rotatable bonds is 8. The molecule has 7 nitrogen and oxygen atoms in total. The Bertz CT molecular complexity index is 1080. The van der Waals surface area contributed by atoms with E-state index in [2.05, 4.69) is 9.97 Å². The number of carbonyl (C=O) groups is 1. The molecule has 29 heavy (non-hydrogen) atoms. The van der Waals surface area contributed by atoms with Gasteiger partial charge in [0.2, 0.25) is 0 Å². The highest BCUT2D eigenvalue weighted by atomic mass is 32.1. The monoisotopic (exact) mass is 420 g/mol. The van der Waals surface area contributed by atoms with E-state index in [1.54, 1.807) is 25.1 Å². The maximum absolute atomic E-state index is 13.9. The van der Waals surface area contributed by atoms with Crippen molar-refractivity contribution in [2.75, 3.05) is 27.4 Å². The zero-order valence-electron chi connectivity index (χ0n) is 16.5. The predicted molar refractivity (Wildman–Crippen MR) is 108 cm³/mol. The van der Waals surface area contributed by atoms with Crippen molar-refractivity contribution in [3.8, 4) is 0 Å². The summed E-state index contributed by atoms with van der Waals surface area (Å²) >= 11 is 1.14. The summed E-state index contributed by atoms with van der Waals surface area (Å²) in [5, 5.41) is 0.393. The third-order valence-corrected chi connectivity index (χ3v) is 5.64. The molecule has 0 aliphatic heterocycles. The molecule has 1 atom stereocenters. The minimum Gasteiger partial charge on any atom is -0.459 e. The molecule has 2 N–H and O–H groups in total. The van der Waals surface area contributed by atoms with Gasteiger partial charge in [-0.15, -0.1) is 11.3 Å². The molecule has 2 heterocycles. The van der Waals surface area contributed by atoms with Crippen LogP contribution in [0.4, 0.5) is 4.39 Å². The molecule has 1 unspecified atom stereocenters. The van der Waals surface area contributed by atoms with Crippen molar-refractivity contribution in [3.05, 3.63) is 62.3 Å². The van der Waals surface area contributed by atoms with Crippen molar-refractivity contribution in [2.45, 2.75) is 20.0 Å². The summed E-state index contributed by atoms with van der Waals surface area (Å²) in [5.41, 5.74) is 0.856. The first-order valence-electron chi connectivity index (χ1n) is 9.13. The first kappa shape index (κ1) is 21.1. The molecule has 0 fully saturated rings. The Balaban J connectivity index is 1.81. The highest BCUT2D eigenvalue weighted by molar-refractivity contribution is 7.20. The van der Waals surface area contributed by atoms with Crippen LogP contribution in [-0.4, -0.2) is 43.3 Å². The van der Waals surface area contributed by atoms with Crippen LogP contribution in [0, 0.1) is 12.7 Å². The van der Waals surface area contributed by atoms with E-state index >= 15 is 0 Å². The molecular weight excluding hydrogens is 397 g/mol. The van der Waals surface area contributed by atoms with Gasteiger partial charge in [-0.25, -0.2) is 14.2 Å². The van der Waals surface area contributed by atoms with E-state index in [4.69, 9.17) is 9.47 Å². The summed E-state index contributed by atoms with van der Waals surface area (Å²) < 4.78 is 23.9. The van der Waals surface area contributed by atoms with Gasteiger partial charge in [-0.05, 0) is 18.6 Å². The van der Waals surface area contributed by atoms with Crippen molar-refractivity contribution in [2.24, 2.45) is 0 Å². The van der Waals surface area contributed by atoms with Crippen LogP contribution in [0.15, 0.2) is 29.1 Å². The molecular formula is C20H23FN3O4S+. The average Bonchev–Trinajstić information content (AvgIpc) is 3.00. The number of aryl methyl sites for hydroxylation is 1. The Morgan fingerprint density at radius 3 is 2.76 bits per heavy atom. The fourth-order valence-corrected chi connectivity index (χ4v) is 4.16. The van der Waals surface area contributed by atoms with E-state index in [1.807, 2.05) is 7.05 Å². The number of thiophene rings is 1. The fourth-order valence-electron chi connectivity index (χ4n) is 3.07. The van der Waals surface area contributed by atoms with Gasteiger partial charge < -0.3 is 19.4 Å². The molecule has 0 saturated carbocycles. The van der Waals surface area contributed by atoms with Gasteiger partial charge in [0, 0.05) is 12.7 Å². The minimum atomic E-state index is -0.495. The zero-order chi connectivity index (χ0) is 21.0. The zero-order valence-corrected chi connectivity index (χ0v) is 17.3. The number of hydrogen-bond acceptors (Lipinski definition) is 6. The molecule has 154 valence electrons. The van der Waals surface area contributed by atoms with Crippen LogP contribution in [0.2, 0.25) is 0 Å². The largest absolute Gasteiger partial charge is 0.459 e. The lowest BCUT2D eigenvalue weighted by Crippen LogP contribution is -3.06. The molecule has 2 aromatic heterocycles. The number of H-pyrrole nitrogens is 1. The molecule has 1 aromatic carbocycles. The highest BCUT2D eigenvalue weighted by Crippen LogP contribution is 2.27. The third-order valence-electron chi connectivity index (χ3n) is 4.47. The number of esters is 1. The molecule has 0 saturated heterocycles. The van der Waals surface area contributed by atoms with Crippen molar-refractivity contribution < 1.29 is 23.6 Å². The normalized spacial score (nSPS) is 12.3. The standard InChI is InChI=1S/C20H22FN3O4S/c1-12-16-18(25)22-15(11-24(2)10-13-6-4-5-7-14(13)21)23-19(16)29-17(12)20(26)28-9-8-27-3/h4-7H,8-11H2,1-3H3,(H,22,23,25)/p+1. The Labute approximate surface area is 171 Å². The Morgan fingerprint density at radius 1 is 1.28 bits per heavy atom. The van der Waals surface area contributed by atoms with Crippen LogP contribution in [0.25, 0.3) is 10.2 Å². The molecule has 3 aromatic rings. The number of methoxy groups -OCH3 is 1. The lowest BCUT2D eigenvalue weighted by molar-refractivity contribution is -0.908. The van der Waals surface area contributed by atoms with Gasteiger partial charge in [0.05, 0.1) is 19.0 Å². The van der Waals surface area contributed by atoms with Crippen LogP contribution < -0.4 is 10.5 Å². The van der Waals surface area contributed by atoms with Crippen LogP contribution in [0.1, 0.15) is 26.6 Å². The number of fused-ring (bicyclic) bond motifs is 1. The smallest absolute Gasteiger partial charge is 0.348 e. The van der Waals surface area contributed by atoms with Crippen LogP contribution >= 0.6 is 11.3 Å². The van der Waals surface area contributed by atoms with Crippen molar-refractivity contribution in [3.63, 3.8) is 0 Å². The van der Waals surface area contributed by atoms with Crippen molar-refractivity contribution >= 4 is 27.5 Å². The average molecular weight is 420 g/mol. The lowest BCUT2D eigenvalue weighted by atomic mass is 10.2. The number of aromatic amines is 1. The molecule has 9 heteroatoms. The first-order valence-corrected chi connectivity index (χ1v) is 9.95. The van der Waals surface area contributed by atoms with Crippen LogP contribution in [0.5, 0.6) is 0 Å². The van der Waals surface area contributed by atoms with Gasteiger partial charge in [0.1, 0.15) is 35.2 Å². The molecule has 0 spiro atoms. The lowest BCUT2D eigenvalue weighted by Gasteiger charge is -2.13. The Hall–Kier alpha value is -2.62. The first-order chi connectivity index (χ1) is 13.9. The number of nitrogens with one attached hydrogen (secondary N) is 2. The van der Waals surface area contributed by atoms with Gasteiger partial charge >= 0.3 is 5.97 Å². The number of hydrogen-bond donors (Lipinski definition) is 2. The summed E-state index contributed by atoms with van der Waals surface area (Å²) in [5.74, 6) is -0.267. The summed E-state index contributed by atoms with van der Waals surface area (Å²) in [4.78, 5) is 34.0. The molecule has 0 aliphatic carbocycles. The molecule has 0 amide bonds. The summed E-state index contributed by atoms with van der Waals surface area (Å²) in [6.45, 7) is 3.01. The molecule has 0 radical (unpaired) electrons. The molecule has 3 rings (SSSR count). The predicted octanol–water partition coefficient (Wildman–Crippen LogP) is 1.45. The van der Waals surface area contributed by atoms with E-state index in [-0.39, 0.29) is 18.0 Å². The fraction of sp³-hybridized carbons (Fsp3) is 0.350. The molecule has 0 aliphatic rings. The SMILES string of the molecule is COCCOC(=O)c1sc2nc(C[NH+](C)Cc3ccccc3F)[nH]c(=O)c2c1C. The third kappa shape index (κ3) is 4.87. The number of halogens is 1. The van der Waals surface area contributed by atoms with Gasteiger partial charge in [-0.1, -0.05) is 18.2 Å². The van der Waals surface area contributed by atoms with E-state index in [1.165, 1.54) is 13.2 Å². The van der Waals surface area contributed by atoms with Crippen molar-refractivity contribution in [1.29, 1.82) is 0 Å². The summed E-state index contributed by atoms with van der Waals surface area (Å²) in [6.07, 6.45) is 0. The summed E-state index contributed by atoms with van der Waals surface area (Å²) in [6, 6.07) is 6.61. The molecule has 0 bridgehead atoms. The topological polar surface area (TPSA) is 85.7 Å². The van der Waals surface area contributed by atoms with Gasteiger partial charge in [-0.2, -0.15) is 0 Å². The number of ether oxygens (including phenoxy) is 2. The van der Waals surface area contributed by atoms with E-state index in [0.29, 0.717) is 51.7 Å². The Morgan fingerprint density at radius 2 is 2.03 bits per heavy atom. The highest BCUT2D eigenvalue weighted by Gasteiger charge is 2.21. The second-order valence-corrected chi connectivity index (χ2v) is 7.78. The van der Waals surface area contributed by atoms with Gasteiger partial charge in [-0.3, -0.25) is 4.79 Å². The second kappa shape index (κ2) is 9.25. The second-order valence-electron chi connectivity index (χ2n) is 6.78. The van der Waals surface area contributed by atoms with Gasteiger partial charge in [0.15, 0.2) is 5.82 Å². The maximum Gasteiger partial charge on any atom is 0.348 e. The number of quaternary nitrogens is 1. The number of benzene rings is 1. The minimum absolute atomic E-state index is 0.141.